The van der Waals surface area contributed by atoms with E-state index in [9.17, 15) is 0 Å². The Morgan fingerprint density at radius 1 is 1.42 bits per heavy atom. The first-order valence-corrected chi connectivity index (χ1v) is 4.20. The molecular formula is C8H19NO3. The normalized spacial score (nSPS) is 13.2. The second-order valence-electron chi connectivity index (χ2n) is 2.64. The molecule has 74 valence electrons. The van der Waals surface area contributed by atoms with Crippen LogP contribution in [0.3, 0.4) is 0 Å². The van der Waals surface area contributed by atoms with Crippen LogP contribution in [0.1, 0.15) is 6.42 Å². The fourth-order valence-corrected chi connectivity index (χ4v) is 0.811. The highest BCUT2D eigenvalue weighted by atomic mass is 16.5. The predicted octanol–water partition coefficient (Wildman–Crippen LogP) is -0.380. The van der Waals surface area contributed by atoms with Crippen LogP contribution in [0.5, 0.6) is 0 Å². The lowest BCUT2D eigenvalue weighted by atomic mass is 10.4. The van der Waals surface area contributed by atoms with E-state index < -0.39 is 6.10 Å². The molecule has 0 aliphatic heterocycles. The molecule has 0 radical (unpaired) electrons. The molecule has 0 fully saturated rings. The lowest BCUT2D eigenvalue weighted by molar-refractivity contribution is -0.00635. The fraction of sp³-hybridized carbons (Fsp3) is 1.00. The molecule has 0 heterocycles. The van der Waals surface area contributed by atoms with E-state index >= 15 is 0 Å². The van der Waals surface area contributed by atoms with Gasteiger partial charge in [-0.05, 0) is 20.0 Å². The fourth-order valence-electron chi connectivity index (χ4n) is 0.811. The monoisotopic (exact) mass is 177 g/mol. The summed E-state index contributed by atoms with van der Waals surface area (Å²) >= 11 is 0. The van der Waals surface area contributed by atoms with Crippen molar-refractivity contribution in [3.8, 4) is 0 Å². The highest BCUT2D eigenvalue weighted by Gasteiger charge is 2.01. The van der Waals surface area contributed by atoms with Crippen LogP contribution in [-0.4, -0.2) is 51.7 Å². The molecule has 0 aliphatic carbocycles. The van der Waals surface area contributed by atoms with Crippen LogP contribution < -0.4 is 5.32 Å². The van der Waals surface area contributed by atoms with Crippen LogP contribution in [0.15, 0.2) is 0 Å². The Bertz CT molecular complexity index is 90.4. The van der Waals surface area contributed by atoms with Gasteiger partial charge in [0.1, 0.15) is 6.10 Å². The highest BCUT2D eigenvalue weighted by molar-refractivity contribution is 4.50. The van der Waals surface area contributed by atoms with Gasteiger partial charge in [-0.15, -0.1) is 0 Å². The summed E-state index contributed by atoms with van der Waals surface area (Å²) in [4.78, 5) is 0. The SMILES string of the molecule is CNCCCOCC(O)COC. The minimum Gasteiger partial charge on any atom is -0.388 e. The standard InChI is InChI=1S/C8H19NO3/c1-9-4-3-5-12-7-8(10)6-11-2/h8-10H,3-7H2,1-2H3. The summed E-state index contributed by atoms with van der Waals surface area (Å²) in [6.45, 7) is 2.32. The van der Waals surface area contributed by atoms with Crippen LogP contribution in [0.4, 0.5) is 0 Å². The van der Waals surface area contributed by atoms with Gasteiger partial charge < -0.3 is 19.9 Å². The second kappa shape index (κ2) is 8.93. The Balaban J connectivity index is 2.97. The summed E-state index contributed by atoms with van der Waals surface area (Å²) in [5.74, 6) is 0. The van der Waals surface area contributed by atoms with Gasteiger partial charge in [0.15, 0.2) is 0 Å². The minimum atomic E-state index is -0.496. The van der Waals surface area contributed by atoms with E-state index in [-0.39, 0.29) is 0 Å². The molecule has 4 nitrogen and oxygen atoms in total. The van der Waals surface area contributed by atoms with Gasteiger partial charge in [0.25, 0.3) is 0 Å². The summed E-state index contributed by atoms with van der Waals surface area (Å²) in [5, 5.41) is 12.2. The second-order valence-corrected chi connectivity index (χ2v) is 2.64. The number of hydrogen-bond acceptors (Lipinski definition) is 4. The van der Waals surface area contributed by atoms with Crippen LogP contribution in [0.25, 0.3) is 0 Å². The zero-order valence-electron chi connectivity index (χ0n) is 7.88. The van der Waals surface area contributed by atoms with Gasteiger partial charge >= 0.3 is 0 Å². The molecule has 0 spiro atoms. The Labute approximate surface area is 73.9 Å². The van der Waals surface area contributed by atoms with Gasteiger partial charge in [-0.2, -0.15) is 0 Å². The maximum atomic E-state index is 9.14. The maximum Gasteiger partial charge on any atom is 0.101 e. The Morgan fingerprint density at radius 3 is 2.75 bits per heavy atom. The van der Waals surface area contributed by atoms with Crippen molar-refractivity contribution in [3.63, 3.8) is 0 Å². The molecular weight excluding hydrogens is 158 g/mol. The first-order chi connectivity index (χ1) is 5.81. The van der Waals surface area contributed by atoms with Crippen molar-refractivity contribution >= 4 is 0 Å². The lowest BCUT2D eigenvalue weighted by Gasteiger charge is -2.09. The topological polar surface area (TPSA) is 50.7 Å². The first kappa shape index (κ1) is 11.8. The van der Waals surface area contributed by atoms with Crippen molar-refractivity contribution in [2.75, 3.05) is 40.5 Å². The van der Waals surface area contributed by atoms with E-state index in [0.717, 1.165) is 13.0 Å². The molecule has 2 N–H and O–H groups in total. The van der Waals surface area contributed by atoms with E-state index in [1.807, 2.05) is 7.05 Å². The zero-order chi connectivity index (χ0) is 9.23. The maximum absolute atomic E-state index is 9.14. The third kappa shape index (κ3) is 7.94. The number of nitrogens with one attached hydrogen (secondary N) is 1. The van der Waals surface area contributed by atoms with Gasteiger partial charge in [-0.25, -0.2) is 0 Å². The molecule has 0 amide bonds. The summed E-state index contributed by atoms with van der Waals surface area (Å²) in [7, 11) is 3.46. The molecule has 4 heteroatoms. The average molecular weight is 177 g/mol. The summed E-state index contributed by atoms with van der Waals surface area (Å²) in [5.41, 5.74) is 0. The summed E-state index contributed by atoms with van der Waals surface area (Å²) in [6.07, 6.45) is 0.473. The van der Waals surface area contributed by atoms with E-state index in [4.69, 9.17) is 14.6 Å². The average Bonchev–Trinajstić information content (AvgIpc) is 2.05. The van der Waals surface area contributed by atoms with Crippen molar-refractivity contribution in [2.45, 2.75) is 12.5 Å². The van der Waals surface area contributed by atoms with Gasteiger partial charge in [-0.1, -0.05) is 0 Å². The van der Waals surface area contributed by atoms with E-state index in [0.29, 0.717) is 19.8 Å². The molecule has 1 atom stereocenters. The first-order valence-electron chi connectivity index (χ1n) is 4.20. The predicted molar refractivity (Wildman–Crippen MR) is 47.2 cm³/mol. The molecule has 1 unspecified atom stereocenters. The third-order valence-electron chi connectivity index (χ3n) is 1.38. The number of aliphatic hydroxyl groups is 1. The van der Waals surface area contributed by atoms with Gasteiger partial charge in [-0.3, -0.25) is 0 Å². The number of aliphatic hydroxyl groups excluding tert-OH is 1. The molecule has 0 aromatic carbocycles. The number of methoxy groups -OCH3 is 1. The van der Waals surface area contributed by atoms with Crippen LogP contribution in [-0.2, 0) is 9.47 Å². The van der Waals surface area contributed by atoms with Gasteiger partial charge in [0, 0.05) is 13.7 Å². The molecule has 0 bridgehead atoms. The Hall–Kier alpha value is -0.160. The van der Waals surface area contributed by atoms with Crippen molar-refractivity contribution in [1.82, 2.24) is 5.32 Å². The lowest BCUT2D eigenvalue weighted by Crippen LogP contribution is -2.21. The van der Waals surface area contributed by atoms with E-state index in [1.54, 1.807) is 7.11 Å². The molecule has 0 saturated carbocycles. The van der Waals surface area contributed by atoms with Crippen LogP contribution in [0, 0.1) is 0 Å². The molecule has 0 rings (SSSR count). The Morgan fingerprint density at radius 2 is 2.17 bits per heavy atom. The smallest absolute Gasteiger partial charge is 0.101 e. The van der Waals surface area contributed by atoms with Crippen LogP contribution >= 0.6 is 0 Å². The van der Waals surface area contributed by atoms with Crippen molar-refractivity contribution in [1.29, 1.82) is 0 Å². The molecule has 0 aromatic rings. The number of ether oxygens (including phenoxy) is 2. The molecule has 12 heavy (non-hydrogen) atoms. The van der Waals surface area contributed by atoms with E-state index in [1.165, 1.54) is 0 Å². The Kier molecular flexibility index (Phi) is 8.81. The quantitative estimate of drug-likeness (QED) is 0.496. The van der Waals surface area contributed by atoms with Crippen molar-refractivity contribution < 1.29 is 14.6 Å². The number of rotatable bonds is 8. The molecule has 0 aliphatic rings. The number of hydrogen-bond donors (Lipinski definition) is 2. The molecule has 0 saturated heterocycles. The van der Waals surface area contributed by atoms with Gasteiger partial charge in [0.05, 0.1) is 13.2 Å². The van der Waals surface area contributed by atoms with Crippen molar-refractivity contribution in [2.24, 2.45) is 0 Å². The molecule has 0 aromatic heterocycles. The third-order valence-corrected chi connectivity index (χ3v) is 1.38. The van der Waals surface area contributed by atoms with Crippen LogP contribution in [0.2, 0.25) is 0 Å². The summed E-state index contributed by atoms with van der Waals surface area (Å²) < 4.78 is 9.92. The zero-order valence-corrected chi connectivity index (χ0v) is 7.88. The summed E-state index contributed by atoms with van der Waals surface area (Å²) in [6, 6.07) is 0. The van der Waals surface area contributed by atoms with E-state index in [2.05, 4.69) is 5.32 Å². The highest BCUT2D eigenvalue weighted by Crippen LogP contribution is 1.87. The van der Waals surface area contributed by atoms with Crippen molar-refractivity contribution in [3.05, 3.63) is 0 Å². The largest absolute Gasteiger partial charge is 0.388 e. The van der Waals surface area contributed by atoms with Gasteiger partial charge in [0.2, 0.25) is 0 Å². The minimum absolute atomic E-state index is 0.339.